The molecule has 0 bridgehead atoms. The molecule has 0 fully saturated rings. The molecule has 2 N–H and O–H groups in total. The van der Waals surface area contributed by atoms with E-state index in [9.17, 15) is 0 Å². The van der Waals surface area contributed by atoms with Crippen LogP contribution in [0.4, 0.5) is 5.69 Å². The van der Waals surface area contributed by atoms with E-state index in [1.807, 2.05) is 13.8 Å². The average Bonchev–Trinajstić information content (AvgIpc) is 2.17. The first-order chi connectivity index (χ1) is 6.70. The lowest BCUT2D eigenvalue weighted by molar-refractivity contribution is 0.289. The van der Waals surface area contributed by atoms with Gasteiger partial charge >= 0.3 is 0 Å². The van der Waals surface area contributed by atoms with Gasteiger partial charge in [0.1, 0.15) is 0 Å². The summed E-state index contributed by atoms with van der Waals surface area (Å²) in [5.74, 6) is 1.05. The summed E-state index contributed by atoms with van der Waals surface area (Å²) in [5, 5.41) is 0.518. The predicted molar refractivity (Wildman–Crippen MR) is 58.2 cm³/mol. The molecule has 0 heterocycles. The summed E-state index contributed by atoms with van der Waals surface area (Å²) in [5.41, 5.74) is 6.28. The molecule has 3 nitrogen and oxygen atoms in total. The van der Waals surface area contributed by atoms with Crippen molar-refractivity contribution in [2.24, 2.45) is 0 Å². The maximum absolute atomic E-state index is 5.96. The Morgan fingerprint density at radius 1 is 1.14 bits per heavy atom. The van der Waals surface area contributed by atoms with Crippen molar-refractivity contribution in [2.75, 3.05) is 18.9 Å². The van der Waals surface area contributed by atoms with Crippen LogP contribution in [-0.2, 0) is 0 Å². The molecule has 0 amide bonds. The Balaban J connectivity index is 3.12. The number of benzene rings is 1. The lowest BCUT2D eigenvalue weighted by Gasteiger charge is -2.13. The van der Waals surface area contributed by atoms with Gasteiger partial charge in [0, 0.05) is 0 Å². The van der Waals surface area contributed by atoms with Crippen LogP contribution in [-0.4, -0.2) is 13.2 Å². The van der Waals surface area contributed by atoms with Crippen LogP contribution in [0.15, 0.2) is 12.1 Å². The van der Waals surface area contributed by atoms with Crippen molar-refractivity contribution in [1.82, 2.24) is 0 Å². The van der Waals surface area contributed by atoms with Gasteiger partial charge < -0.3 is 15.2 Å². The van der Waals surface area contributed by atoms with Gasteiger partial charge in [-0.15, -0.1) is 0 Å². The highest BCUT2D eigenvalue weighted by Crippen LogP contribution is 2.39. The van der Waals surface area contributed by atoms with Crippen LogP contribution in [0.25, 0.3) is 0 Å². The Kier molecular flexibility index (Phi) is 3.89. The fraction of sp³-hybridized carbons (Fsp3) is 0.400. The number of hydrogen-bond donors (Lipinski definition) is 1. The Hall–Kier alpha value is -1.09. The van der Waals surface area contributed by atoms with Crippen molar-refractivity contribution in [3.05, 3.63) is 17.2 Å². The summed E-state index contributed by atoms with van der Waals surface area (Å²) in [6.45, 7) is 4.83. The third-order valence-electron chi connectivity index (χ3n) is 1.67. The van der Waals surface area contributed by atoms with Crippen molar-refractivity contribution in [3.63, 3.8) is 0 Å². The molecule has 1 aromatic carbocycles. The molecule has 0 saturated heterocycles. The fourth-order valence-corrected chi connectivity index (χ4v) is 1.33. The molecule has 0 atom stereocenters. The molecule has 0 saturated carbocycles. The van der Waals surface area contributed by atoms with Crippen LogP contribution < -0.4 is 15.2 Å². The summed E-state index contributed by atoms with van der Waals surface area (Å²) < 4.78 is 10.7. The van der Waals surface area contributed by atoms with Gasteiger partial charge in [-0.1, -0.05) is 11.6 Å². The molecule has 78 valence electrons. The summed E-state index contributed by atoms with van der Waals surface area (Å²) in [7, 11) is 0. The quantitative estimate of drug-likeness (QED) is 0.786. The predicted octanol–water partition coefficient (Wildman–Crippen LogP) is 2.72. The third-order valence-corrected chi connectivity index (χ3v) is 1.97. The molecule has 0 aliphatic heterocycles. The van der Waals surface area contributed by atoms with Crippen molar-refractivity contribution in [2.45, 2.75) is 13.8 Å². The van der Waals surface area contributed by atoms with E-state index < -0.39 is 0 Å². The van der Waals surface area contributed by atoms with Gasteiger partial charge in [-0.3, -0.25) is 0 Å². The smallest absolute Gasteiger partial charge is 0.185 e. The molecule has 1 aromatic rings. The molecule has 14 heavy (non-hydrogen) atoms. The van der Waals surface area contributed by atoms with Crippen LogP contribution in [0, 0.1) is 0 Å². The highest BCUT2D eigenvalue weighted by atomic mass is 35.5. The summed E-state index contributed by atoms with van der Waals surface area (Å²) in [4.78, 5) is 0. The minimum absolute atomic E-state index is 0.518. The van der Waals surface area contributed by atoms with Crippen LogP contribution >= 0.6 is 11.6 Å². The highest BCUT2D eigenvalue weighted by Gasteiger charge is 2.12. The molecule has 0 radical (unpaired) electrons. The van der Waals surface area contributed by atoms with Gasteiger partial charge in [0.2, 0.25) is 0 Å². The fourth-order valence-electron chi connectivity index (χ4n) is 1.13. The zero-order valence-electron chi connectivity index (χ0n) is 8.34. The Morgan fingerprint density at radius 2 is 1.71 bits per heavy atom. The second-order valence-corrected chi connectivity index (χ2v) is 3.07. The van der Waals surface area contributed by atoms with Crippen LogP contribution in [0.1, 0.15) is 13.8 Å². The summed E-state index contributed by atoms with van der Waals surface area (Å²) in [6.07, 6.45) is 0. The first-order valence-corrected chi connectivity index (χ1v) is 4.92. The molecular formula is C10H14ClNO2. The van der Waals surface area contributed by atoms with Crippen molar-refractivity contribution >= 4 is 17.3 Å². The monoisotopic (exact) mass is 215 g/mol. The average molecular weight is 216 g/mol. The normalized spacial score (nSPS) is 9.93. The lowest BCUT2D eigenvalue weighted by Crippen LogP contribution is -2.02. The lowest BCUT2D eigenvalue weighted by atomic mass is 10.2. The van der Waals surface area contributed by atoms with E-state index in [4.69, 9.17) is 26.8 Å². The first kappa shape index (κ1) is 11.0. The Bertz CT molecular complexity index is 284. The molecule has 1 rings (SSSR count). The van der Waals surface area contributed by atoms with Gasteiger partial charge in [-0.25, -0.2) is 0 Å². The van der Waals surface area contributed by atoms with Crippen molar-refractivity contribution < 1.29 is 9.47 Å². The van der Waals surface area contributed by atoms with E-state index in [1.165, 1.54) is 0 Å². The van der Waals surface area contributed by atoms with E-state index in [-0.39, 0.29) is 0 Å². The number of hydrogen-bond acceptors (Lipinski definition) is 3. The minimum atomic E-state index is 0.518. The van der Waals surface area contributed by atoms with Crippen LogP contribution in [0.5, 0.6) is 11.5 Å². The molecule has 0 aromatic heterocycles. The van der Waals surface area contributed by atoms with E-state index >= 15 is 0 Å². The van der Waals surface area contributed by atoms with Gasteiger partial charge in [0.15, 0.2) is 11.5 Å². The second kappa shape index (κ2) is 4.96. The van der Waals surface area contributed by atoms with Gasteiger partial charge in [-0.05, 0) is 26.0 Å². The van der Waals surface area contributed by atoms with E-state index in [1.54, 1.807) is 12.1 Å². The first-order valence-electron chi connectivity index (χ1n) is 4.54. The number of nitrogen functional groups attached to an aromatic ring is 1. The number of anilines is 1. The Labute approximate surface area is 88.8 Å². The molecule has 0 unspecified atom stereocenters. The topological polar surface area (TPSA) is 44.5 Å². The van der Waals surface area contributed by atoms with E-state index in [0.717, 1.165) is 0 Å². The van der Waals surface area contributed by atoms with Crippen molar-refractivity contribution in [1.29, 1.82) is 0 Å². The number of nitrogens with two attached hydrogens (primary N) is 1. The maximum Gasteiger partial charge on any atom is 0.185 e. The molecule has 0 aliphatic rings. The summed E-state index contributed by atoms with van der Waals surface area (Å²) >= 11 is 5.96. The molecular weight excluding hydrogens is 202 g/mol. The number of rotatable bonds is 4. The molecule has 0 aliphatic carbocycles. The second-order valence-electron chi connectivity index (χ2n) is 2.66. The van der Waals surface area contributed by atoms with Crippen molar-refractivity contribution in [3.8, 4) is 11.5 Å². The third kappa shape index (κ3) is 2.23. The van der Waals surface area contributed by atoms with E-state index in [2.05, 4.69) is 0 Å². The zero-order chi connectivity index (χ0) is 10.6. The maximum atomic E-state index is 5.96. The standard InChI is InChI=1S/C10H14ClNO2/c1-3-13-9-7(11)5-6-8(12)10(9)14-4-2/h5-6H,3-4,12H2,1-2H3. The number of halogens is 1. The van der Waals surface area contributed by atoms with Crippen LogP contribution in [0.2, 0.25) is 5.02 Å². The van der Waals surface area contributed by atoms with Crippen LogP contribution in [0.3, 0.4) is 0 Å². The largest absolute Gasteiger partial charge is 0.488 e. The molecule has 4 heteroatoms. The SMILES string of the molecule is CCOc1c(N)ccc(Cl)c1OCC. The van der Waals surface area contributed by atoms with Gasteiger partial charge in [0.25, 0.3) is 0 Å². The summed E-state index contributed by atoms with van der Waals surface area (Å²) in [6, 6.07) is 3.40. The van der Waals surface area contributed by atoms with Gasteiger partial charge in [0.05, 0.1) is 23.9 Å². The Morgan fingerprint density at radius 3 is 2.29 bits per heavy atom. The zero-order valence-corrected chi connectivity index (χ0v) is 9.10. The molecule has 0 spiro atoms. The minimum Gasteiger partial charge on any atom is -0.488 e. The highest BCUT2D eigenvalue weighted by molar-refractivity contribution is 6.32. The van der Waals surface area contributed by atoms with E-state index in [0.29, 0.717) is 35.4 Å². The number of ether oxygens (including phenoxy) is 2. The van der Waals surface area contributed by atoms with Gasteiger partial charge in [-0.2, -0.15) is 0 Å².